The third kappa shape index (κ3) is 4.15. The fraction of sp³-hybridized carbons (Fsp3) is 0.462. The number of carbonyl (C=O) groups is 3. The van der Waals surface area contributed by atoms with Crippen LogP contribution in [0.2, 0.25) is 0 Å². The number of urea groups is 1. The molecule has 2 fully saturated rings. The van der Waals surface area contributed by atoms with E-state index in [2.05, 4.69) is 22.5 Å². The molecule has 8 heteroatoms. The largest absolute Gasteiger partial charge is 0.342 e. The van der Waals surface area contributed by atoms with E-state index < -0.39 is 5.54 Å². The molecule has 0 saturated carbocycles. The number of imide groups is 1. The molecule has 0 radical (unpaired) electrons. The molecule has 1 aliphatic carbocycles. The minimum absolute atomic E-state index is 0.0643. The number of rotatable bonds is 6. The topological polar surface area (TPSA) is 82.6 Å². The highest BCUT2D eigenvalue weighted by molar-refractivity contribution is 7.09. The number of piperidine rings is 1. The van der Waals surface area contributed by atoms with Gasteiger partial charge < -0.3 is 10.2 Å². The summed E-state index contributed by atoms with van der Waals surface area (Å²) in [4.78, 5) is 48.7. The Kier molecular flexibility index (Phi) is 6.50. The first-order valence-electron chi connectivity index (χ1n) is 12.1. The van der Waals surface area contributed by atoms with Crippen molar-refractivity contribution >= 4 is 29.2 Å². The maximum Gasteiger partial charge on any atom is 0.325 e. The summed E-state index contributed by atoms with van der Waals surface area (Å²) in [6.07, 6.45) is 12.2. The Labute approximate surface area is 203 Å². The lowest BCUT2D eigenvalue weighted by atomic mass is 9.73. The summed E-state index contributed by atoms with van der Waals surface area (Å²) in [6, 6.07) is 7.33. The Bertz CT molecular complexity index is 1060. The number of carbonyl (C=O) groups excluding carboxylic acids is 3. The van der Waals surface area contributed by atoms with E-state index in [4.69, 9.17) is 0 Å². The van der Waals surface area contributed by atoms with Crippen LogP contribution in [0.15, 0.2) is 54.2 Å². The first-order valence-corrected chi connectivity index (χ1v) is 13.0. The van der Waals surface area contributed by atoms with Gasteiger partial charge in [0, 0.05) is 48.4 Å². The lowest BCUT2D eigenvalue weighted by Crippen LogP contribution is -2.54. The Morgan fingerprint density at radius 1 is 1.15 bits per heavy atom. The molecule has 2 aromatic rings. The number of likely N-dealkylation sites (tertiary alicyclic amines) is 1. The van der Waals surface area contributed by atoms with Gasteiger partial charge in [-0.1, -0.05) is 24.3 Å². The Morgan fingerprint density at radius 3 is 2.68 bits per heavy atom. The second-order valence-corrected chi connectivity index (χ2v) is 10.4. The van der Waals surface area contributed by atoms with Crippen LogP contribution in [0.3, 0.4) is 0 Å². The number of amides is 4. The number of hydrogen-bond acceptors (Lipinski definition) is 5. The summed E-state index contributed by atoms with van der Waals surface area (Å²) in [6.45, 7) is 1.55. The van der Waals surface area contributed by atoms with Crippen LogP contribution in [0, 0.1) is 11.8 Å². The highest BCUT2D eigenvalue weighted by Gasteiger charge is 2.57. The van der Waals surface area contributed by atoms with Crippen molar-refractivity contribution in [2.45, 2.75) is 44.1 Å². The molecule has 4 heterocycles. The van der Waals surface area contributed by atoms with Crippen molar-refractivity contribution in [3.05, 3.63) is 64.6 Å². The molecule has 5 rings (SSSR count). The van der Waals surface area contributed by atoms with Crippen LogP contribution in [-0.2, 0) is 21.5 Å². The van der Waals surface area contributed by atoms with E-state index in [0.717, 1.165) is 24.1 Å². The van der Waals surface area contributed by atoms with E-state index in [1.807, 2.05) is 28.5 Å². The summed E-state index contributed by atoms with van der Waals surface area (Å²) in [5.74, 6) is -0.0218. The van der Waals surface area contributed by atoms with Crippen LogP contribution in [0.4, 0.5) is 4.79 Å². The zero-order chi connectivity index (χ0) is 23.5. The van der Waals surface area contributed by atoms with E-state index in [1.165, 1.54) is 4.90 Å². The molecular formula is C26H30N4O3S. The highest BCUT2D eigenvalue weighted by atomic mass is 32.1. The molecule has 0 bridgehead atoms. The van der Waals surface area contributed by atoms with Gasteiger partial charge in [0.05, 0.1) is 0 Å². The number of aromatic nitrogens is 1. The van der Waals surface area contributed by atoms with Crippen molar-refractivity contribution in [2.75, 3.05) is 19.6 Å². The molecule has 34 heavy (non-hydrogen) atoms. The van der Waals surface area contributed by atoms with Crippen LogP contribution >= 0.6 is 11.3 Å². The van der Waals surface area contributed by atoms with Gasteiger partial charge >= 0.3 is 6.03 Å². The molecule has 3 aliphatic rings. The van der Waals surface area contributed by atoms with Crippen molar-refractivity contribution in [3.8, 4) is 0 Å². The van der Waals surface area contributed by atoms with Gasteiger partial charge in [0.1, 0.15) is 0 Å². The number of nitrogens with one attached hydrogen (secondary N) is 1. The Balaban J connectivity index is 1.35. The Hall–Kier alpha value is -3.00. The SMILES string of the molecule is O=C([C@H]1CC=CCC1)N1CCC([C@@]2(c3cccnc3)NC(=O)N(CCc3cccs3)C2=O)CC1. The molecule has 2 aromatic heterocycles. The van der Waals surface area contributed by atoms with Gasteiger partial charge in [-0.2, -0.15) is 0 Å². The van der Waals surface area contributed by atoms with E-state index in [1.54, 1.807) is 29.8 Å². The monoisotopic (exact) mass is 478 g/mol. The third-order valence-electron chi connectivity index (χ3n) is 7.45. The predicted octanol–water partition coefficient (Wildman–Crippen LogP) is 3.73. The van der Waals surface area contributed by atoms with Gasteiger partial charge in [-0.15, -0.1) is 11.3 Å². The van der Waals surface area contributed by atoms with Crippen molar-refractivity contribution in [3.63, 3.8) is 0 Å². The van der Waals surface area contributed by atoms with Crippen LogP contribution in [0.1, 0.15) is 42.5 Å². The quantitative estimate of drug-likeness (QED) is 0.507. The van der Waals surface area contributed by atoms with Crippen molar-refractivity contribution in [2.24, 2.45) is 11.8 Å². The van der Waals surface area contributed by atoms with Crippen molar-refractivity contribution < 1.29 is 14.4 Å². The minimum atomic E-state index is -1.14. The first-order chi connectivity index (χ1) is 16.6. The second-order valence-electron chi connectivity index (χ2n) is 9.35. The number of allylic oxidation sites excluding steroid dienone is 2. The summed E-state index contributed by atoms with van der Waals surface area (Å²) < 4.78 is 0. The van der Waals surface area contributed by atoms with Gasteiger partial charge in [0.15, 0.2) is 5.54 Å². The van der Waals surface area contributed by atoms with Gasteiger partial charge in [-0.25, -0.2) is 4.79 Å². The molecule has 4 amide bonds. The summed E-state index contributed by atoms with van der Waals surface area (Å²) in [5.41, 5.74) is -0.419. The fourth-order valence-corrected chi connectivity index (χ4v) is 6.29. The van der Waals surface area contributed by atoms with E-state index in [0.29, 0.717) is 44.5 Å². The van der Waals surface area contributed by atoms with Crippen LogP contribution in [-0.4, -0.2) is 52.3 Å². The first kappa shape index (κ1) is 22.8. The van der Waals surface area contributed by atoms with Crippen molar-refractivity contribution in [1.29, 1.82) is 0 Å². The van der Waals surface area contributed by atoms with Gasteiger partial charge in [-0.3, -0.25) is 19.5 Å². The average molecular weight is 479 g/mol. The number of nitrogens with zero attached hydrogens (tertiary/aromatic N) is 3. The lowest BCUT2D eigenvalue weighted by molar-refractivity contribution is -0.139. The number of thiophene rings is 1. The molecular weight excluding hydrogens is 448 g/mol. The maximum absolute atomic E-state index is 13.9. The number of hydrogen-bond donors (Lipinski definition) is 1. The standard InChI is InChI=1S/C26H30N4O3S/c31-23(19-6-2-1-3-7-19)29-14-10-20(11-15-29)26(21-8-4-13-27-18-21)24(32)30(25(33)28-26)16-12-22-9-5-17-34-22/h1-2,4-5,8-9,13,17-20H,3,6-7,10-12,14-16H2,(H,28,33)/t19-,26-/m0/s1. The van der Waals surface area contributed by atoms with Gasteiger partial charge in [0.2, 0.25) is 5.91 Å². The van der Waals surface area contributed by atoms with Crippen LogP contribution in [0.25, 0.3) is 0 Å². The van der Waals surface area contributed by atoms with E-state index in [-0.39, 0.29) is 29.7 Å². The third-order valence-corrected chi connectivity index (χ3v) is 8.38. The van der Waals surface area contributed by atoms with Crippen LogP contribution in [0.5, 0.6) is 0 Å². The van der Waals surface area contributed by atoms with Crippen LogP contribution < -0.4 is 5.32 Å². The molecule has 2 aliphatic heterocycles. The zero-order valence-electron chi connectivity index (χ0n) is 19.2. The number of pyridine rings is 1. The molecule has 0 unspecified atom stereocenters. The average Bonchev–Trinajstić information content (AvgIpc) is 3.50. The summed E-state index contributed by atoms with van der Waals surface area (Å²) in [7, 11) is 0. The molecule has 178 valence electrons. The molecule has 1 N–H and O–H groups in total. The van der Waals surface area contributed by atoms with Crippen molar-refractivity contribution in [1.82, 2.24) is 20.1 Å². The Morgan fingerprint density at radius 2 is 2.00 bits per heavy atom. The molecule has 7 nitrogen and oxygen atoms in total. The predicted molar refractivity (Wildman–Crippen MR) is 130 cm³/mol. The zero-order valence-corrected chi connectivity index (χ0v) is 20.0. The van der Waals surface area contributed by atoms with E-state index in [9.17, 15) is 14.4 Å². The normalized spacial score (nSPS) is 25.6. The summed E-state index contributed by atoms with van der Waals surface area (Å²) in [5, 5.41) is 5.08. The summed E-state index contributed by atoms with van der Waals surface area (Å²) >= 11 is 1.63. The smallest absolute Gasteiger partial charge is 0.325 e. The fourth-order valence-electron chi connectivity index (χ4n) is 5.59. The minimum Gasteiger partial charge on any atom is -0.342 e. The highest BCUT2D eigenvalue weighted by Crippen LogP contribution is 2.41. The van der Waals surface area contributed by atoms with E-state index >= 15 is 0 Å². The van der Waals surface area contributed by atoms with Gasteiger partial charge in [0.25, 0.3) is 5.91 Å². The second kappa shape index (κ2) is 9.70. The molecule has 0 aromatic carbocycles. The maximum atomic E-state index is 13.9. The molecule has 0 spiro atoms. The van der Waals surface area contributed by atoms with Gasteiger partial charge in [-0.05, 0) is 62.0 Å². The molecule has 2 saturated heterocycles. The lowest BCUT2D eigenvalue weighted by Gasteiger charge is -2.41. The molecule has 2 atom stereocenters.